The summed E-state index contributed by atoms with van der Waals surface area (Å²) < 4.78 is 25.7. The van der Waals surface area contributed by atoms with Crippen LogP contribution in [0.15, 0.2) is 53.4 Å². The van der Waals surface area contributed by atoms with Crippen molar-refractivity contribution in [3.8, 4) is 0 Å². The second kappa shape index (κ2) is 5.52. The van der Waals surface area contributed by atoms with Crippen LogP contribution in [-0.4, -0.2) is 20.2 Å². The molecular formula is C18H21NO2S. The van der Waals surface area contributed by atoms with E-state index < -0.39 is 15.1 Å². The van der Waals surface area contributed by atoms with Crippen LogP contribution in [0.2, 0.25) is 0 Å². The summed E-state index contributed by atoms with van der Waals surface area (Å²) in [7, 11) is -3.33. The number of sulfone groups is 1. The summed E-state index contributed by atoms with van der Waals surface area (Å²) in [6.07, 6.45) is 0. The molecule has 0 spiro atoms. The minimum atomic E-state index is -3.33. The molecule has 0 saturated heterocycles. The van der Waals surface area contributed by atoms with Crippen LogP contribution in [0.5, 0.6) is 0 Å². The van der Waals surface area contributed by atoms with Crippen LogP contribution in [0.1, 0.15) is 22.6 Å². The highest BCUT2D eigenvalue weighted by Gasteiger charge is 2.57. The highest BCUT2D eigenvalue weighted by Crippen LogP contribution is 2.53. The highest BCUT2D eigenvalue weighted by molar-refractivity contribution is 7.92. The zero-order valence-electron chi connectivity index (χ0n) is 12.9. The summed E-state index contributed by atoms with van der Waals surface area (Å²) >= 11 is 0. The quantitative estimate of drug-likeness (QED) is 0.944. The zero-order chi connectivity index (χ0) is 15.9. The van der Waals surface area contributed by atoms with E-state index in [1.54, 1.807) is 12.1 Å². The third-order valence-electron chi connectivity index (χ3n) is 4.54. The van der Waals surface area contributed by atoms with Crippen molar-refractivity contribution in [1.82, 2.24) is 0 Å². The van der Waals surface area contributed by atoms with Crippen LogP contribution in [0.25, 0.3) is 0 Å². The Morgan fingerprint density at radius 2 is 1.41 bits per heavy atom. The summed E-state index contributed by atoms with van der Waals surface area (Å²) in [4.78, 5) is 0.399. The molecule has 1 fully saturated rings. The van der Waals surface area contributed by atoms with Gasteiger partial charge in [0.25, 0.3) is 0 Å². The van der Waals surface area contributed by atoms with E-state index in [4.69, 9.17) is 5.73 Å². The fourth-order valence-corrected chi connectivity index (χ4v) is 5.38. The van der Waals surface area contributed by atoms with Crippen LogP contribution in [0, 0.1) is 19.8 Å². The van der Waals surface area contributed by atoms with Crippen molar-refractivity contribution in [2.75, 3.05) is 6.54 Å². The van der Waals surface area contributed by atoms with Gasteiger partial charge in [0.05, 0.1) is 10.1 Å². The van der Waals surface area contributed by atoms with Crippen molar-refractivity contribution in [1.29, 1.82) is 0 Å². The molecule has 0 unspecified atom stereocenters. The number of aryl methyl sites for hydroxylation is 2. The van der Waals surface area contributed by atoms with Gasteiger partial charge in [-0.15, -0.1) is 0 Å². The van der Waals surface area contributed by atoms with Crippen LogP contribution in [0.3, 0.4) is 0 Å². The van der Waals surface area contributed by atoms with Gasteiger partial charge in [-0.05, 0) is 44.0 Å². The van der Waals surface area contributed by atoms with Crippen LogP contribution >= 0.6 is 0 Å². The van der Waals surface area contributed by atoms with Crippen molar-refractivity contribution in [3.63, 3.8) is 0 Å². The topological polar surface area (TPSA) is 60.2 Å². The van der Waals surface area contributed by atoms with E-state index in [2.05, 4.69) is 0 Å². The largest absolute Gasteiger partial charge is 0.330 e. The van der Waals surface area contributed by atoms with Crippen molar-refractivity contribution >= 4 is 9.84 Å². The predicted molar refractivity (Wildman–Crippen MR) is 88.6 cm³/mol. The maximum atomic E-state index is 12.9. The van der Waals surface area contributed by atoms with E-state index in [0.717, 1.165) is 11.1 Å². The van der Waals surface area contributed by atoms with Crippen LogP contribution in [0.4, 0.5) is 0 Å². The number of rotatable bonds is 4. The Morgan fingerprint density at radius 1 is 0.909 bits per heavy atom. The Labute approximate surface area is 132 Å². The Balaban J connectivity index is 1.93. The van der Waals surface area contributed by atoms with Crippen LogP contribution < -0.4 is 5.73 Å². The maximum absolute atomic E-state index is 12.9. The highest BCUT2D eigenvalue weighted by atomic mass is 32.2. The van der Waals surface area contributed by atoms with E-state index in [1.807, 2.05) is 50.2 Å². The molecular weight excluding hydrogens is 294 g/mol. The van der Waals surface area contributed by atoms with Crippen LogP contribution in [-0.2, 0) is 9.84 Å². The van der Waals surface area contributed by atoms with E-state index in [1.165, 1.54) is 5.56 Å². The predicted octanol–water partition coefficient (Wildman–Crippen LogP) is 2.82. The van der Waals surface area contributed by atoms with Crippen molar-refractivity contribution in [3.05, 3.63) is 65.2 Å². The Kier molecular flexibility index (Phi) is 3.83. The standard InChI is InChI=1S/C18H21NO2S/c1-12-3-7-14(8-4-12)17-16(11-19)18(17)22(20,21)15-9-5-13(2)6-10-15/h3-10,16-18H,11,19H2,1-2H3/t16-,17+,18+/m1/s1. The lowest BCUT2D eigenvalue weighted by atomic mass is 10.1. The number of benzene rings is 2. The summed E-state index contributed by atoms with van der Waals surface area (Å²) in [5, 5.41) is -0.400. The molecule has 4 heteroatoms. The Morgan fingerprint density at radius 3 is 1.91 bits per heavy atom. The Hall–Kier alpha value is -1.65. The number of hydrogen-bond acceptors (Lipinski definition) is 3. The van der Waals surface area contributed by atoms with Crippen molar-refractivity contribution in [2.24, 2.45) is 11.7 Å². The molecule has 1 aliphatic carbocycles. The molecule has 22 heavy (non-hydrogen) atoms. The fraction of sp³-hybridized carbons (Fsp3) is 0.333. The molecule has 1 aliphatic rings. The molecule has 3 nitrogen and oxygen atoms in total. The molecule has 0 aliphatic heterocycles. The van der Waals surface area contributed by atoms with Gasteiger partial charge in [-0.3, -0.25) is 0 Å². The molecule has 0 radical (unpaired) electrons. The normalized spacial score (nSPS) is 24.2. The molecule has 2 aromatic rings. The average molecular weight is 315 g/mol. The lowest BCUT2D eigenvalue weighted by Gasteiger charge is -2.05. The van der Waals surface area contributed by atoms with E-state index in [-0.39, 0.29) is 11.8 Å². The van der Waals surface area contributed by atoms with Crippen molar-refractivity contribution < 1.29 is 8.42 Å². The molecule has 3 atom stereocenters. The third kappa shape index (κ3) is 2.57. The van der Waals surface area contributed by atoms with Gasteiger partial charge < -0.3 is 5.73 Å². The summed E-state index contributed by atoms with van der Waals surface area (Å²) in [5.41, 5.74) is 9.12. The first-order valence-corrected chi connectivity index (χ1v) is 9.07. The first kappa shape index (κ1) is 15.3. The lowest BCUT2D eigenvalue weighted by molar-refractivity contribution is 0.591. The van der Waals surface area contributed by atoms with Crippen molar-refractivity contribution in [2.45, 2.75) is 29.9 Å². The molecule has 2 N–H and O–H groups in total. The van der Waals surface area contributed by atoms with Gasteiger partial charge in [-0.1, -0.05) is 47.5 Å². The molecule has 1 saturated carbocycles. The smallest absolute Gasteiger partial charge is 0.182 e. The first-order chi connectivity index (χ1) is 10.4. The molecule has 2 aromatic carbocycles. The molecule has 0 heterocycles. The average Bonchev–Trinajstić information content (AvgIpc) is 3.24. The van der Waals surface area contributed by atoms with Gasteiger partial charge in [0.1, 0.15) is 0 Å². The SMILES string of the molecule is Cc1ccc([C@H]2[C@@H](CN)[C@@H]2S(=O)(=O)c2ccc(C)cc2)cc1. The molecule has 0 aromatic heterocycles. The zero-order valence-corrected chi connectivity index (χ0v) is 13.7. The minimum absolute atomic E-state index is 0.00834. The summed E-state index contributed by atoms with van der Waals surface area (Å²) in [5.74, 6) is 0.0194. The second-order valence-corrected chi connectivity index (χ2v) is 8.26. The van der Waals surface area contributed by atoms with E-state index >= 15 is 0 Å². The summed E-state index contributed by atoms with van der Waals surface area (Å²) in [6, 6.07) is 15.2. The molecule has 116 valence electrons. The van der Waals surface area contributed by atoms with E-state index in [9.17, 15) is 8.42 Å². The maximum Gasteiger partial charge on any atom is 0.182 e. The number of nitrogens with two attached hydrogens (primary N) is 1. The van der Waals surface area contributed by atoms with Gasteiger partial charge in [-0.25, -0.2) is 8.42 Å². The molecule has 0 bridgehead atoms. The molecule has 0 amide bonds. The first-order valence-electron chi connectivity index (χ1n) is 7.52. The lowest BCUT2D eigenvalue weighted by Crippen LogP contribution is -2.13. The second-order valence-electron chi connectivity index (χ2n) is 6.16. The Bertz CT molecular complexity index is 764. The minimum Gasteiger partial charge on any atom is -0.330 e. The van der Waals surface area contributed by atoms with Gasteiger partial charge in [0, 0.05) is 5.92 Å². The van der Waals surface area contributed by atoms with Gasteiger partial charge in [-0.2, -0.15) is 0 Å². The fourth-order valence-electron chi connectivity index (χ4n) is 3.16. The van der Waals surface area contributed by atoms with Gasteiger partial charge in [0.2, 0.25) is 0 Å². The summed E-state index contributed by atoms with van der Waals surface area (Å²) in [6.45, 7) is 4.37. The number of hydrogen-bond donors (Lipinski definition) is 1. The monoisotopic (exact) mass is 315 g/mol. The molecule has 3 rings (SSSR count). The third-order valence-corrected chi connectivity index (χ3v) is 6.83. The van der Waals surface area contributed by atoms with Gasteiger partial charge in [0.15, 0.2) is 9.84 Å². The van der Waals surface area contributed by atoms with E-state index in [0.29, 0.717) is 11.4 Å². The van der Waals surface area contributed by atoms with Gasteiger partial charge >= 0.3 is 0 Å².